The van der Waals surface area contributed by atoms with Crippen molar-refractivity contribution in [3.8, 4) is 0 Å². The Balaban J connectivity index is 0. The van der Waals surface area contributed by atoms with Crippen molar-refractivity contribution in [2.75, 3.05) is 0 Å². The van der Waals surface area contributed by atoms with Crippen LogP contribution in [0.4, 0.5) is 0 Å². The Bertz CT molecular complexity index is 304. The molecule has 0 aliphatic heterocycles. The van der Waals surface area contributed by atoms with Gasteiger partial charge in [-0.15, -0.1) is 0 Å². The average molecular weight is 316 g/mol. The molecule has 2 atom stereocenters. The van der Waals surface area contributed by atoms with Crippen LogP contribution in [0, 0.1) is 0 Å². The molecule has 0 amide bonds. The summed E-state index contributed by atoms with van der Waals surface area (Å²) in [5.41, 5.74) is 0. The topological polar surface area (TPSA) is 77.4 Å². The number of rotatable bonds is 12. The zero-order valence-corrected chi connectivity index (χ0v) is 16.1. The molecule has 0 aromatic carbocycles. The van der Waals surface area contributed by atoms with Crippen molar-refractivity contribution in [1.29, 1.82) is 0 Å². The monoisotopic (exact) mass is 316 g/mol. The van der Waals surface area contributed by atoms with E-state index in [1.165, 1.54) is 32.6 Å². The standard InChI is InChI=1S/C14H30O4S.Na/c1-13(15)11-9-7-5-3-4-6-8-10-12-14(2)19(16,17)18;/h13-15H,3-12H2,1-2H3,(H,16,17,18);/q;+1/p-1. The van der Waals surface area contributed by atoms with Crippen molar-refractivity contribution < 1.29 is 47.6 Å². The molecule has 0 saturated heterocycles. The first-order valence-electron chi connectivity index (χ1n) is 7.47. The Morgan fingerprint density at radius 2 is 1.20 bits per heavy atom. The minimum atomic E-state index is -4.09. The van der Waals surface area contributed by atoms with Crippen LogP contribution in [0.2, 0.25) is 0 Å². The summed E-state index contributed by atoms with van der Waals surface area (Å²) in [7, 11) is -4.09. The molecule has 20 heavy (non-hydrogen) atoms. The van der Waals surface area contributed by atoms with E-state index < -0.39 is 15.4 Å². The van der Waals surface area contributed by atoms with Crippen molar-refractivity contribution in [1.82, 2.24) is 0 Å². The molecule has 0 aliphatic carbocycles. The molecule has 0 aliphatic rings. The summed E-state index contributed by atoms with van der Waals surface area (Å²) >= 11 is 0. The van der Waals surface area contributed by atoms with Crippen LogP contribution in [-0.4, -0.2) is 29.4 Å². The Morgan fingerprint density at radius 1 is 0.850 bits per heavy atom. The van der Waals surface area contributed by atoms with Gasteiger partial charge in [-0.25, -0.2) is 8.42 Å². The van der Waals surface area contributed by atoms with Gasteiger partial charge < -0.3 is 9.66 Å². The van der Waals surface area contributed by atoms with Gasteiger partial charge in [0.15, 0.2) is 0 Å². The fraction of sp³-hybridized carbons (Fsp3) is 1.00. The number of aliphatic hydroxyl groups is 1. The minimum absolute atomic E-state index is 0. The average Bonchev–Trinajstić information content (AvgIpc) is 2.29. The van der Waals surface area contributed by atoms with E-state index in [0.29, 0.717) is 6.42 Å². The molecule has 0 aromatic heterocycles. The first kappa shape index (κ1) is 23.1. The Kier molecular flexibility index (Phi) is 15.7. The van der Waals surface area contributed by atoms with Crippen molar-refractivity contribution in [3.63, 3.8) is 0 Å². The molecule has 4 nitrogen and oxygen atoms in total. The van der Waals surface area contributed by atoms with Gasteiger partial charge in [0.2, 0.25) is 0 Å². The number of hydrogen-bond acceptors (Lipinski definition) is 4. The van der Waals surface area contributed by atoms with E-state index >= 15 is 0 Å². The largest absolute Gasteiger partial charge is 1.00 e. The summed E-state index contributed by atoms with van der Waals surface area (Å²) in [6.07, 6.45) is 9.99. The molecule has 0 fully saturated rings. The first-order valence-corrected chi connectivity index (χ1v) is 8.94. The van der Waals surface area contributed by atoms with Gasteiger partial charge in [0.05, 0.1) is 16.2 Å². The van der Waals surface area contributed by atoms with E-state index in [0.717, 1.165) is 32.1 Å². The van der Waals surface area contributed by atoms with Crippen LogP contribution in [0.25, 0.3) is 0 Å². The molecule has 116 valence electrons. The van der Waals surface area contributed by atoms with Gasteiger partial charge in [0.25, 0.3) is 0 Å². The van der Waals surface area contributed by atoms with E-state index in [4.69, 9.17) is 5.11 Å². The fourth-order valence-electron chi connectivity index (χ4n) is 2.08. The third kappa shape index (κ3) is 15.3. The Hall–Kier alpha value is 0.870. The minimum Gasteiger partial charge on any atom is -0.748 e. The smallest absolute Gasteiger partial charge is 0.748 e. The third-order valence-electron chi connectivity index (χ3n) is 3.48. The Morgan fingerprint density at radius 3 is 1.55 bits per heavy atom. The van der Waals surface area contributed by atoms with E-state index in [2.05, 4.69) is 0 Å². The van der Waals surface area contributed by atoms with Gasteiger partial charge in [-0.2, -0.15) is 0 Å². The Labute approximate surface area is 146 Å². The molecule has 0 heterocycles. The van der Waals surface area contributed by atoms with Crippen LogP contribution >= 0.6 is 0 Å². The van der Waals surface area contributed by atoms with Gasteiger partial charge in [-0.05, 0) is 26.7 Å². The van der Waals surface area contributed by atoms with Crippen LogP contribution in [0.3, 0.4) is 0 Å². The summed E-state index contributed by atoms with van der Waals surface area (Å²) in [6, 6.07) is 0. The second kappa shape index (κ2) is 13.5. The zero-order chi connectivity index (χ0) is 14.7. The number of aliphatic hydroxyl groups excluding tert-OH is 1. The van der Waals surface area contributed by atoms with Crippen LogP contribution in [-0.2, 0) is 10.1 Å². The second-order valence-corrected chi connectivity index (χ2v) is 7.35. The maximum Gasteiger partial charge on any atom is 1.00 e. The summed E-state index contributed by atoms with van der Waals surface area (Å²) in [5, 5.41) is 8.35. The molecule has 0 spiro atoms. The van der Waals surface area contributed by atoms with Gasteiger partial charge in [-0.1, -0.05) is 51.4 Å². The van der Waals surface area contributed by atoms with E-state index in [9.17, 15) is 13.0 Å². The summed E-state index contributed by atoms with van der Waals surface area (Å²) in [5.74, 6) is 0. The first-order chi connectivity index (χ1) is 8.84. The molecular weight excluding hydrogens is 287 g/mol. The van der Waals surface area contributed by atoms with E-state index in [-0.39, 0.29) is 35.7 Å². The molecule has 2 unspecified atom stereocenters. The number of hydrogen-bond donors (Lipinski definition) is 1. The molecule has 0 aromatic rings. The van der Waals surface area contributed by atoms with Gasteiger partial charge in [-0.3, -0.25) is 0 Å². The van der Waals surface area contributed by atoms with Crippen LogP contribution in [0.5, 0.6) is 0 Å². The van der Waals surface area contributed by atoms with E-state index in [1.807, 2.05) is 6.92 Å². The summed E-state index contributed by atoms with van der Waals surface area (Å²) < 4.78 is 32.0. The summed E-state index contributed by atoms with van der Waals surface area (Å²) in [6.45, 7) is 3.31. The van der Waals surface area contributed by atoms with Crippen molar-refractivity contribution >= 4 is 10.1 Å². The van der Waals surface area contributed by atoms with Gasteiger partial charge in [0, 0.05) is 5.25 Å². The second-order valence-electron chi connectivity index (χ2n) is 5.56. The number of unbranched alkanes of at least 4 members (excludes halogenated alkanes) is 7. The quantitative estimate of drug-likeness (QED) is 0.317. The van der Waals surface area contributed by atoms with Crippen molar-refractivity contribution in [2.24, 2.45) is 0 Å². The molecule has 0 rings (SSSR count). The van der Waals surface area contributed by atoms with E-state index in [1.54, 1.807) is 0 Å². The maximum atomic E-state index is 10.7. The van der Waals surface area contributed by atoms with Crippen LogP contribution in [0.15, 0.2) is 0 Å². The predicted octanol–water partition coefficient (Wildman–Crippen LogP) is 0.206. The normalized spacial score (nSPS) is 14.6. The van der Waals surface area contributed by atoms with Crippen molar-refractivity contribution in [2.45, 2.75) is 89.4 Å². The van der Waals surface area contributed by atoms with Gasteiger partial charge >= 0.3 is 29.6 Å². The zero-order valence-electron chi connectivity index (χ0n) is 13.3. The maximum absolute atomic E-state index is 10.7. The van der Waals surface area contributed by atoms with Crippen LogP contribution < -0.4 is 29.6 Å². The molecular formula is C14H29NaO4S. The SMILES string of the molecule is CC(O)CCCCCCCCCCC(C)S(=O)(=O)[O-].[Na+]. The van der Waals surface area contributed by atoms with Crippen LogP contribution in [0.1, 0.15) is 78.1 Å². The summed E-state index contributed by atoms with van der Waals surface area (Å²) in [4.78, 5) is 0. The van der Waals surface area contributed by atoms with Gasteiger partial charge in [0.1, 0.15) is 0 Å². The molecule has 6 heteroatoms. The molecule has 0 radical (unpaired) electrons. The molecule has 0 bridgehead atoms. The van der Waals surface area contributed by atoms with Crippen molar-refractivity contribution in [3.05, 3.63) is 0 Å². The third-order valence-corrected chi connectivity index (χ3v) is 4.70. The molecule has 0 saturated carbocycles. The predicted molar refractivity (Wildman–Crippen MR) is 77.0 cm³/mol. The molecule has 1 N–H and O–H groups in total. The fourth-order valence-corrected chi connectivity index (χ4v) is 2.53.